The highest BCUT2D eigenvalue weighted by molar-refractivity contribution is 4.86. The lowest BCUT2D eigenvalue weighted by molar-refractivity contribution is 0.0400. The first-order valence-corrected chi connectivity index (χ1v) is 7.04. The second-order valence-electron chi connectivity index (χ2n) is 5.17. The number of nitrogens with one attached hydrogen (secondary N) is 1. The molecule has 0 bridgehead atoms. The molecular formula is C13H27N3. The van der Waals surface area contributed by atoms with E-state index in [1.165, 1.54) is 58.5 Å². The molecule has 1 N–H and O–H groups in total. The normalized spacial score (nSPS) is 30.8. The third kappa shape index (κ3) is 2.76. The number of hydrogen-bond acceptors (Lipinski definition) is 3. The second-order valence-corrected chi connectivity index (χ2v) is 5.17. The van der Waals surface area contributed by atoms with Gasteiger partial charge in [0.05, 0.1) is 0 Å². The van der Waals surface area contributed by atoms with Crippen LogP contribution < -0.4 is 5.32 Å². The van der Waals surface area contributed by atoms with E-state index < -0.39 is 0 Å². The lowest BCUT2D eigenvalue weighted by Gasteiger charge is -2.45. The van der Waals surface area contributed by atoms with Crippen LogP contribution in [0.5, 0.6) is 0 Å². The van der Waals surface area contributed by atoms with E-state index in [2.05, 4.69) is 29.0 Å². The maximum atomic E-state index is 3.46. The Kier molecular flexibility index (Phi) is 4.62. The standard InChI is InChI=1S/C13H27N3/c1-3-12-11-16(10-9-15(12)4-2)13-5-7-14-8-6-13/h12-14H,3-11H2,1-2H3. The van der Waals surface area contributed by atoms with Gasteiger partial charge in [0, 0.05) is 31.7 Å². The molecule has 1 unspecified atom stereocenters. The molecule has 0 aromatic rings. The summed E-state index contributed by atoms with van der Waals surface area (Å²) in [6, 6.07) is 1.66. The van der Waals surface area contributed by atoms with Crippen molar-refractivity contribution in [2.75, 3.05) is 39.3 Å². The average molecular weight is 225 g/mol. The highest BCUT2D eigenvalue weighted by Crippen LogP contribution is 2.19. The zero-order valence-electron chi connectivity index (χ0n) is 10.9. The van der Waals surface area contributed by atoms with E-state index in [0.717, 1.165) is 12.1 Å². The number of piperidine rings is 1. The van der Waals surface area contributed by atoms with Gasteiger partial charge in [-0.2, -0.15) is 0 Å². The average Bonchev–Trinajstić information content (AvgIpc) is 2.39. The Morgan fingerprint density at radius 2 is 1.88 bits per heavy atom. The summed E-state index contributed by atoms with van der Waals surface area (Å²) in [5.41, 5.74) is 0. The topological polar surface area (TPSA) is 18.5 Å². The lowest BCUT2D eigenvalue weighted by Crippen LogP contribution is -2.57. The summed E-state index contributed by atoms with van der Waals surface area (Å²) in [4.78, 5) is 5.40. The van der Waals surface area contributed by atoms with Crippen LogP contribution in [0.2, 0.25) is 0 Å². The first-order chi connectivity index (χ1) is 7.85. The van der Waals surface area contributed by atoms with E-state index in [9.17, 15) is 0 Å². The number of likely N-dealkylation sites (N-methyl/N-ethyl adjacent to an activating group) is 1. The third-order valence-corrected chi connectivity index (χ3v) is 4.34. The van der Waals surface area contributed by atoms with Gasteiger partial charge < -0.3 is 5.32 Å². The van der Waals surface area contributed by atoms with Crippen molar-refractivity contribution in [1.29, 1.82) is 0 Å². The molecule has 2 heterocycles. The van der Waals surface area contributed by atoms with Crippen LogP contribution in [0.25, 0.3) is 0 Å². The summed E-state index contributed by atoms with van der Waals surface area (Å²) in [5, 5.41) is 3.46. The van der Waals surface area contributed by atoms with Gasteiger partial charge in [0.15, 0.2) is 0 Å². The molecule has 0 aliphatic carbocycles. The zero-order valence-corrected chi connectivity index (χ0v) is 10.9. The summed E-state index contributed by atoms with van der Waals surface area (Å²) in [5.74, 6) is 0. The number of hydrogen-bond donors (Lipinski definition) is 1. The Bertz CT molecular complexity index is 201. The van der Waals surface area contributed by atoms with E-state index >= 15 is 0 Å². The Morgan fingerprint density at radius 1 is 1.12 bits per heavy atom. The zero-order chi connectivity index (χ0) is 11.4. The summed E-state index contributed by atoms with van der Waals surface area (Å²) >= 11 is 0. The molecule has 2 aliphatic heterocycles. The van der Waals surface area contributed by atoms with Gasteiger partial charge in [-0.1, -0.05) is 13.8 Å². The van der Waals surface area contributed by atoms with E-state index in [-0.39, 0.29) is 0 Å². The Hall–Kier alpha value is -0.120. The lowest BCUT2D eigenvalue weighted by atomic mass is 10.0. The van der Waals surface area contributed by atoms with E-state index in [1.54, 1.807) is 0 Å². The quantitative estimate of drug-likeness (QED) is 0.777. The molecule has 3 heteroatoms. The van der Waals surface area contributed by atoms with Crippen LogP contribution >= 0.6 is 0 Å². The van der Waals surface area contributed by atoms with E-state index in [4.69, 9.17) is 0 Å². The van der Waals surface area contributed by atoms with Gasteiger partial charge in [-0.15, -0.1) is 0 Å². The molecule has 0 aromatic carbocycles. The predicted molar refractivity (Wildman–Crippen MR) is 68.8 cm³/mol. The maximum Gasteiger partial charge on any atom is 0.0221 e. The highest BCUT2D eigenvalue weighted by Gasteiger charge is 2.29. The van der Waals surface area contributed by atoms with Crippen LogP contribution in [0.15, 0.2) is 0 Å². The number of piperazine rings is 1. The Balaban J connectivity index is 1.87. The van der Waals surface area contributed by atoms with Crippen LogP contribution in [0, 0.1) is 0 Å². The van der Waals surface area contributed by atoms with Gasteiger partial charge in [0.25, 0.3) is 0 Å². The highest BCUT2D eigenvalue weighted by atomic mass is 15.3. The van der Waals surface area contributed by atoms with Gasteiger partial charge in [-0.3, -0.25) is 9.80 Å². The summed E-state index contributed by atoms with van der Waals surface area (Å²) in [7, 11) is 0. The van der Waals surface area contributed by atoms with Crippen LogP contribution in [-0.2, 0) is 0 Å². The predicted octanol–water partition coefficient (Wildman–Crippen LogP) is 1.15. The van der Waals surface area contributed by atoms with Crippen molar-refractivity contribution in [1.82, 2.24) is 15.1 Å². The first kappa shape index (κ1) is 12.3. The van der Waals surface area contributed by atoms with Gasteiger partial charge in [0.2, 0.25) is 0 Å². The summed E-state index contributed by atoms with van der Waals surface area (Å²) < 4.78 is 0. The SMILES string of the molecule is CCC1CN(C2CCNCC2)CCN1CC. The molecule has 16 heavy (non-hydrogen) atoms. The largest absolute Gasteiger partial charge is 0.317 e. The molecule has 0 aromatic heterocycles. The maximum absolute atomic E-state index is 3.46. The smallest absolute Gasteiger partial charge is 0.0221 e. The third-order valence-electron chi connectivity index (χ3n) is 4.34. The summed E-state index contributed by atoms with van der Waals surface area (Å²) in [6.45, 7) is 12.1. The second kappa shape index (κ2) is 5.99. The van der Waals surface area contributed by atoms with Crippen LogP contribution in [0.3, 0.4) is 0 Å². The van der Waals surface area contributed by atoms with Crippen molar-refractivity contribution < 1.29 is 0 Å². The van der Waals surface area contributed by atoms with Gasteiger partial charge >= 0.3 is 0 Å². The molecule has 0 spiro atoms. The van der Waals surface area contributed by atoms with E-state index in [0.29, 0.717) is 0 Å². The van der Waals surface area contributed by atoms with Crippen molar-refractivity contribution in [2.24, 2.45) is 0 Å². The minimum absolute atomic E-state index is 0.800. The number of nitrogens with zero attached hydrogens (tertiary/aromatic N) is 2. The molecule has 0 amide bonds. The van der Waals surface area contributed by atoms with E-state index in [1.807, 2.05) is 0 Å². The molecule has 1 atom stereocenters. The molecule has 2 fully saturated rings. The van der Waals surface area contributed by atoms with Crippen molar-refractivity contribution in [3.8, 4) is 0 Å². The first-order valence-electron chi connectivity index (χ1n) is 7.04. The molecule has 0 saturated carbocycles. The fourth-order valence-corrected chi connectivity index (χ4v) is 3.22. The van der Waals surface area contributed by atoms with Gasteiger partial charge in [-0.05, 0) is 38.9 Å². The summed E-state index contributed by atoms with van der Waals surface area (Å²) in [6.07, 6.45) is 4.00. The van der Waals surface area contributed by atoms with Crippen molar-refractivity contribution in [2.45, 2.75) is 45.2 Å². The van der Waals surface area contributed by atoms with Gasteiger partial charge in [0.1, 0.15) is 0 Å². The Morgan fingerprint density at radius 3 is 2.50 bits per heavy atom. The fraction of sp³-hybridized carbons (Fsp3) is 1.00. The molecule has 94 valence electrons. The Labute approximate surface area is 100 Å². The van der Waals surface area contributed by atoms with Crippen LogP contribution in [-0.4, -0.2) is 61.2 Å². The fourth-order valence-electron chi connectivity index (χ4n) is 3.22. The molecule has 2 saturated heterocycles. The number of rotatable bonds is 3. The molecule has 3 nitrogen and oxygen atoms in total. The van der Waals surface area contributed by atoms with Crippen LogP contribution in [0.4, 0.5) is 0 Å². The van der Waals surface area contributed by atoms with Gasteiger partial charge in [-0.25, -0.2) is 0 Å². The molecule has 2 aliphatic rings. The van der Waals surface area contributed by atoms with Crippen LogP contribution in [0.1, 0.15) is 33.1 Å². The molecule has 0 radical (unpaired) electrons. The van der Waals surface area contributed by atoms with Crippen molar-refractivity contribution >= 4 is 0 Å². The molecular weight excluding hydrogens is 198 g/mol. The van der Waals surface area contributed by atoms with Crippen molar-refractivity contribution in [3.05, 3.63) is 0 Å². The minimum atomic E-state index is 0.800. The monoisotopic (exact) mass is 225 g/mol. The minimum Gasteiger partial charge on any atom is -0.317 e. The molecule has 2 rings (SSSR count). The van der Waals surface area contributed by atoms with Crippen molar-refractivity contribution in [3.63, 3.8) is 0 Å².